The number of carbonyl (C=O) groups is 2. The van der Waals surface area contributed by atoms with E-state index in [1.165, 1.54) is 26.4 Å². The van der Waals surface area contributed by atoms with Crippen molar-refractivity contribution in [1.82, 2.24) is 0 Å². The van der Waals surface area contributed by atoms with Gasteiger partial charge >= 0.3 is 11.9 Å². The molecule has 0 spiro atoms. The van der Waals surface area contributed by atoms with Gasteiger partial charge in [0.1, 0.15) is 11.6 Å². The molecule has 30 heavy (non-hydrogen) atoms. The van der Waals surface area contributed by atoms with Crippen LogP contribution in [0.1, 0.15) is 23.6 Å². The molecule has 2 aromatic rings. The maximum absolute atomic E-state index is 12.0. The number of ether oxygens (including phenoxy) is 3. The number of hydrogen-bond donors (Lipinski definition) is 5. The maximum atomic E-state index is 12.0. The molecular formula is C20H23N3O7. The van der Waals surface area contributed by atoms with Crippen LogP contribution in [0, 0.1) is 5.41 Å². The number of nitrogens with one attached hydrogen (secondary N) is 2. The van der Waals surface area contributed by atoms with Crippen molar-refractivity contribution in [3.05, 3.63) is 47.5 Å². The molecule has 0 amide bonds. The Morgan fingerprint density at radius 1 is 1.07 bits per heavy atom. The van der Waals surface area contributed by atoms with Crippen LogP contribution in [-0.2, 0) is 9.59 Å². The molecule has 0 radical (unpaired) electrons. The summed E-state index contributed by atoms with van der Waals surface area (Å²) >= 11 is 0. The van der Waals surface area contributed by atoms with Gasteiger partial charge in [-0.1, -0.05) is 0 Å². The molecule has 0 aliphatic heterocycles. The van der Waals surface area contributed by atoms with Gasteiger partial charge < -0.3 is 35.5 Å². The van der Waals surface area contributed by atoms with Gasteiger partial charge in [-0.15, -0.1) is 0 Å². The summed E-state index contributed by atoms with van der Waals surface area (Å²) in [6, 6.07) is 8.03. The van der Waals surface area contributed by atoms with Gasteiger partial charge in [0.05, 0.1) is 27.2 Å². The minimum Gasteiger partial charge on any atom is -0.493 e. The highest BCUT2D eigenvalue weighted by molar-refractivity contribution is 5.95. The van der Waals surface area contributed by atoms with E-state index in [1.54, 1.807) is 24.3 Å². The van der Waals surface area contributed by atoms with Crippen LogP contribution < -0.4 is 25.3 Å². The van der Waals surface area contributed by atoms with Gasteiger partial charge in [0.2, 0.25) is 0 Å². The van der Waals surface area contributed by atoms with Crippen molar-refractivity contribution in [1.29, 1.82) is 5.41 Å². The Morgan fingerprint density at radius 3 is 2.17 bits per heavy atom. The van der Waals surface area contributed by atoms with Crippen LogP contribution in [0.3, 0.4) is 0 Å². The lowest BCUT2D eigenvalue weighted by atomic mass is 10.0. The van der Waals surface area contributed by atoms with Crippen LogP contribution in [0.25, 0.3) is 0 Å². The number of aliphatic carboxylic acids is 2. The number of methoxy groups -OCH3 is 2. The van der Waals surface area contributed by atoms with E-state index in [1.807, 2.05) is 0 Å². The molecule has 0 fully saturated rings. The fourth-order valence-electron chi connectivity index (χ4n) is 2.66. The van der Waals surface area contributed by atoms with Crippen molar-refractivity contribution < 1.29 is 34.0 Å². The SMILES string of the molecule is COc1cc(OCCC(=O)O)c([C@H](Nc2ccc(C(=N)N)cc2)C(=O)O)cc1OC. The molecule has 0 unspecified atom stereocenters. The van der Waals surface area contributed by atoms with Crippen LogP contribution in [0.4, 0.5) is 5.69 Å². The molecule has 2 rings (SSSR count). The summed E-state index contributed by atoms with van der Waals surface area (Å²) in [5.74, 6) is -1.60. The van der Waals surface area contributed by atoms with Crippen LogP contribution in [0.5, 0.6) is 17.2 Å². The number of amidine groups is 1. The Morgan fingerprint density at radius 2 is 1.67 bits per heavy atom. The van der Waals surface area contributed by atoms with E-state index >= 15 is 0 Å². The fourth-order valence-corrected chi connectivity index (χ4v) is 2.66. The third-order valence-electron chi connectivity index (χ3n) is 4.15. The Balaban J connectivity index is 2.43. The van der Waals surface area contributed by atoms with Crippen LogP contribution >= 0.6 is 0 Å². The van der Waals surface area contributed by atoms with Gasteiger partial charge in [-0.2, -0.15) is 0 Å². The van der Waals surface area contributed by atoms with E-state index in [9.17, 15) is 14.7 Å². The van der Waals surface area contributed by atoms with Crippen molar-refractivity contribution >= 4 is 23.5 Å². The molecule has 0 saturated heterocycles. The lowest BCUT2D eigenvalue weighted by Gasteiger charge is -2.21. The first kappa shape index (κ1) is 22.3. The predicted octanol–water partition coefficient (Wildman–Crippen LogP) is 2.08. The highest BCUT2D eigenvalue weighted by Gasteiger charge is 2.26. The molecular weight excluding hydrogens is 394 g/mol. The summed E-state index contributed by atoms with van der Waals surface area (Å²) in [5.41, 5.74) is 6.63. The first-order chi connectivity index (χ1) is 14.3. The number of hydrogen-bond acceptors (Lipinski definition) is 7. The van der Waals surface area contributed by atoms with Crippen molar-refractivity contribution in [3.8, 4) is 17.2 Å². The Hall–Kier alpha value is -3.95. The molecule has 10 nitrogen and oxygen atoms in total. The average molecular weight is 417 g/mol. The summed E-state index contributed by atoms with van der Waals surface area (Å²) in [7, 11) is 2.83. The standard InChI is InChI=1S/C20H23N3O7/c1-28-15-9-13(14(10-16(15)29-2)30-8-7-17(24)25)18(20(26)27)23-12-5-3-11(4-6-12)19(21)22/h3-6,9-10,18,23H,7-8H2,1-2H3,(H3,21,22)(H,24,25)(H,26,27)/t18-/m0/s1. The lowest BCUT2D eigenvalue weighted by Crippen LogP contribution is -2.22. The molecule has 0 heterocycles. The summed E-state index contributed by atoms with van der Waals surface area (Å²) in [4.78, 5) is 22.8. The average Bonchev–Trinajstić information content (AvgIpc) is 2.71. The number of benzene rings is 2. The van der Waals surface area contributed by atoms with Crippen LogP contribution in [0.15, 0.2) is 36.4 Å². The second-order valence-corrected chi connectivity index (χ2v) is 6.14. The largest absolute Gasteiger partial charge is 0.493 e. The molecule has 6 N–H and O–H groups in total. The van der Waals surface area contributed by atoms with E-state index in [0.717, 1.165) is 0 Å². The highest BCUT2D eigenvalue weighted by Crippen LogP contribution is 2.39. The normalized spacial score (nSPS) is 11.3. The summed E-state index contributed by atoms with van der Waals surface area (Å²) < 4.78 is 16.0. The summed E-state index contributed by atoms with van der Waals surface area (Å²) in [5, 5.41) is 29.0. The van der Waals surface area contributed by atoms with Gasteiger partial charge in [-0.05, 0) is 30.3 Å². The van der Waals surface area contributed by atoms with E-state index in [-0.39, 0.29) is 35.9 Å². The van der Waals surface area contributed by atoms with Crippen molar-refractivity contribution in [2.24, 2.45) is 5.73 Å². The lowest BCUT2D eigenvalue weighted by molar-refractivity contribution is -0.139. The zero-order valence-electron chi connectivity index (χ0n) is 16.5. The maximum Gasteiger partial charge on any atom is 0.330 e. The van der Waals surface area contributed by atoms with Crippen LogP contribution in [0.2, 0.25) is 0 Å². The number of nitrogen functional groups attached to an aromatic ring is 1. The third-order valence-corrected chi connectivity index (χ3v) is 4.15. The first-order valence-corrected chi connectivity index (χ1v) is 8.81. The number of rotatable bonds is 11. The number of carboxylic acid groups (broad SMARTS) is 2. The van der Waals surface area contributed by atoms with Crippen molar-refractivity contribution in [2.75, 3.05) is 26.1 Å². The second-order valence-electron chi connectivity index (χ2n) is 6.14. The zero-order chi connectivity index (χ0) is 22.3. The van der Waals surface area contributed by atoms with Gasteiger partial charge in [0.15, 0.2) is 17.5 Å². The topological polar surface area (TPSA) is 164 Å². The van der Waals surface area contributed by atoms with Crippen LogP contribution in [-0.4, -0.2) is 48.8 Å². The van der Waals surface area contributed by atoms with E-state index in [2.05, 4.69) is 5.32 Å². The Kier molecular flexibility index (Phi) is 7.45. The minimum absolute atomic E-state index is 0.106. The summed E-state index contributed by atoms with van der Waals surface area (Å²) in [6.45, 7) is -0.155. The molecule has 160 valence electrons. The second kappa shape index (κ2) is 10.0. The molecule has 0 saturated carbocycles. The number of nitrogens with two attached hydrogens (primary N) is 1. The molecule has 0 bridgehead atoms. The number of carboxylic acids is 2. The van der Waals surface area contributed by atoms with E-state index in [0.29, 0.717) is 17.0 Å². The fraction of sp³-hybridized carbons (Fsp3) is 0.250. The molecule has 0 aliphatic rings. The van der Waals surface area contributed by atoms with Crippen molar-refractivity contribution in [2.45, 2.75) is 12.5 Å². The van der Waals surface area contributed by atoms with E-state index < -0.39 is 18.0 Å². The zero-order valence-corrected chi connectivity index (χ0v) is 16.5. The summed E-state index contributed by atoms with van der Waals surface area (Å²) in [6.07, 6.45) is -0.258. The Bertz CT molecular complexity index is 929. The smallest absolute Gasteiger partial charge is 0.330 e. The van der Waals surface area contributed by atoms with Gasteiger partial charge in [-0.25, -0.2) is 4.79 Å². The minimum atomic E-state index is -1.24. The highest BCUT2D eigenvalue weighted by atomic mass is 16.5. The Labute approximate surface area is 172 Å². The van der Waals surface area contributed by atoms with Gasteiger partial charge in [-0.3, -0.25) is 10.2 Å². The molecule has 0 aromatic heterocycles. The molecule has 2 aromatic carbocycles. The predicted molar refractivity (Wildman–Crippen MR) is 109 cm³/mol. The van der Waals surface area contributed by atoms with Gasteiger partial charge in [0, 0.05) is 22.9 Å². The van der Waals surface area contributed by atoms with Gasteiger partial charge in [0.25, 0.3) is 0 Å². The molecule has 10 heteroatoms. The first-order valence-electron chi connectivity index (χ1n) is 8.81. The monoisotopic (exact) mass is 417 g/mol. The quantitative estimate of drug-likeness (QED) is 0.272. The third kappa shape index (κ3) is 5.53. The number of anilines is 1. The van der Waals surface area contributed by atoms with Crippen molar-refractivity contribution in [3.63, 3.8) is 0 Å². The van der Waals surface area contributed by atoms with E-state index in [4.69, 9.17) is 30.5 Å². The molecule has 1 atom stereocenters. The molecule has 0 aliphatic carbocycles.